The summed E-state index contributed by atoms with van der Waals surface area (Å²) < 4.78 is 5.69. The Bertz CT molecular complexity index is 578. The second-order valence-corrected chi connectivity index (χ2v) is 5.39. The quantitative estimate of drug-likeness (QED) is 0.644. The Morgan fingerprint density at radius 3 is 2.43 bits per heavy atom. The summed E-state index contributed by atoms with van der Waals surface area (Å²) in [5.74, 6) is 0.824. The lowest BCUT2D eigenvalue weighted by Gasteiger charge is -2.15. The van der Waals surface area contributed by atoms with Gasteiger partial charge in [-0.3, -0.25) is 0 Å². The lowest BCUT2D eigenvalue weighted by molar-refractivity contribution is 0.304. The Labute approximate surface area is 143 Å². The SMILES string of the molecule is Cl.NCCCC[C@H](N)c1ccc(OCc2ccccc2)cc1O. The monoisotopic (exact) mass is 336 g/mol. The van der Waals surface area contributed by atoms with Gasteiger partial charge in [0.15, 0.2) is 0 Å². The first-order chi connectivity index (χ1) is 10.7. The molecule has 5 N–H and O–H groups in total. The predicted octanol–water partition coefficient (Wildman–Crippen LogP) is 3.52. The molecule has 23 heavy (non-hydrogen) atoms. The second-order valence-electron chi connectivity index (χ2n) is 5.39. The number of nitrogens with two attached hydrogens (primary N) is 2. The number of hydrogen-bond donors (Lipinski definition) is 3. The zero-order valence-corrected chi connectivity index (χ0v) is 14.0. The van der Waals surface area contributed by atoms with Crippen LogP contribution >= 0.6 is 12.4 Å². The van der Waals surface area contributed by atoms with Gasteiger partial charge in [0.2, 0.25) is 0 Å². The molecule has 0 aliphatic rings. The highest BCUT2D eigenvalue weighted by Gasteiger charge is 2.11. The highest BCUT2D eigenvalue weighted by molar-refractivity contribution is 5.85. The fraction of sp³-hybridized carbons (Fsp3) is 0.333. The third-order valence-corrected chi connectivity index (χ3v) is 3.62. The minimum atomic E-state index is -0.172. The van der Waals surface area contributed by atoms with E-state index in [-0.39, 0.29) is 24.2 Å². The van der Waals surface area contributed by atoms with Gasteiger partial charge >= 0.3 is 0 Å². The zero-order valence-electron chi connectivity index (χ0n) is 13.2. The molecule has 0 aliphatic carbocycles. The molecule has 2 aromatic rings. The molecule has 2 aromatic carbocycles. The summed E-state index contributed by atoms with van der Waals surface area (Å²) in [7, 11) is 0. The van der Waals surface area contributed by atoms with Crippen molar-refractivity contribution in [3.63, 3.8) is 0 Å². The maximum Gasteiger partial charge on any atom is 0.124 e. The lowest BCUT2D eigenvalue weighted by Crippen LogP contribution is -2.11. The number of aromatic hydroxyl groups is 1. The Hall–Kier alpha value is -1.75. The molecule has 0 saturated carbocycles. The van der Waals surface area contributed by atoms with E-state index in [0.717, 1.165) is 30.4 Å². The third kappa shape index (κ3) is 6.10. The van der Waals surface area contributed by atoms with E-state index in [1.807, 2.05) is 42.5 Å². The minimum absolute atomic E-state index is 0. The molecule has 5 heteroatoms. The topological polar surface area (TPSA) is 81.5 Å². The van der Waals surface area contributed by atoms with Gasteiger partial charge in [-0.05, 0) is 31.0 Å². The van der Waals surface area contributed by atoms with Crippen LogP contribution in [0, 0.1) is 0 Å². The molecule has 0 bridgehead atoms. The molecule has 0 heterocycles. The minimum Gasteiger partial charge on any atom is -0.507 e. The second kappa shape index (κ2) is 10.1. The van der Waals surface area contributed by atoms with Crippen LogP contribution in [0.3, 0.4) is 0 Å². The fourth-order valence-corrected chi connectivity index (χ4v) is 2.33. The Morgan fingerprint density at radius 2 is 1.78 bits per heavy atom. The first-order valence-electron chi connectivity index (χ1n) is 7.66. The highest BCUT2D eigenvalue weighted by atomic mass is 35.5. The number of hydrogen-bond acceptors (Lipinski definition) is 4. The number of benzene rings is 2. The van der Waals surface area contributed by atoms with Gasteiger partial charge in [0.05, 0.1) is 0 Å². The molecule has 0 amide bonds. The number of phenolic OH excluding ortho intramolecular Hbond substituents is 1. The van der Waals surface area contributed by atoms with Crippen LogP contribution in [0.1, 0.15) is 36.4 Å². The molecular formula is C18H25ClN2O2. The first-order valence-corrected chi connectivity index (χ1v) is 7.66. The van der Waals surface area contributed by atoms with Gasteiger partial charge in [-0.1, -0.05) is 42.8 Å². The fourth-order valence-electron chi connectivity index (χ4n) is 2.33. The lowest BCUT2D eigenvalue weighted by atomic mass is 10.0. The molecule has 1 atom stereocenters. The first kappa shape index (κ1) is 19.3. The number of phenols is 1. The molecule has 126 valence electrons. The number of rotatable bonds is 8. The normalized spacial score (nSPS) is 11.6. The maximum atomic E-state index is 10.1. The van der Waals surface area contributed by atoms with Crippen LogP contribution in [0.5, 0.6) is 11.5 Å². The molecule has 2 rings (SSSR count). The molecule has 0 fully saturated rings. The van der Waals surface area contributed by atoms with Gasteiger partial charge in [-0.15, -0.1) is 12.4 Å². The molecule has 4 nitrogen and oxygen atoms in total. The molecule has 0 unspecified atom stereocenters. The summed E-state index contributed by atoms with van der Waals surface area (Å²) in [4.78, 5) is 0. The van der Waals surface area contributed by atoms with Crippen LogP contribution in [0.2, 0.25) is 0 Å². The summed E-state index contributed by atoms with van der Waals surface area (Å²) >= 11 is 0. The van der Waals surface area contributed by atoms with Crippen molar-refractivity contribution in [1.82, 2.24) is 0 Å². The summed E-state index contributed by atoms with van der Waals surface area (Å²) in [6, 6.07) is 15.1. The third-order valence-electron chi connectivity index (χ3n) is 3.62. The van der Waals surface area contributed by atoms with Crippen LogP contribution in [0.4, 0.5) is 0 Å². The van der Waals surface area contributed by atoms with Gasteiger partial charge < -0.3 is 21.3 Å². The van der Waals surface area contributed by atoms with Crippen molar-refractivity contribution in [3.8, 4) is 11.5 Å². The van der Waals surface area contributed by atoms with Crippen LogP contribution in [0.15, 0.2) is 48.5 Å². The van der Waals surface area contributed by atoms with E-state index >= 15 is 0 Å². The van der Waals surface area contributed by atoms with Gasteiger partial charge in [0.1, 0.15) is 18.1 Å². The van der Waals surface area contributed by atoms with Gasteiger partial charge in [0, 0.05) is 17.7 Å². The van der Waals surface area contributed by atoms with Crippen molar-refractivity contribution < 1.29 is 9.84 Å². The van der Waals surface area contributed by atoms with Crippen molar-refractivity contribution in [1.29, 1.82) is 0 Å². The molecular weight excluding hydrogens is 312 g/mol. The van der Waals surface area contributed by atoms with E-state index in [0.29, 0.717) is 18.9 Å². The van der Waals surface area contributed by atoms with E-state index in [9.17, 15) is 5.11 Å². The van der Waals surface area contributed by atoms with E-state index in [1.165, 1.54) is 0 Å². The average molecular weight is 337 g/mol. The van der Waals surface area contributed by atoms with Crippen LogP contribution in [0.25, 0.3) is 0 Å². The van der Waals surface area contributed by atoms with Crippen molar-refractivity contribution in [2.45, 2.75) is 31.9 Å². The number of ether oxygens (including phenoxy) is 1. The van der Waals surface area contributed by atoms with Gasteiger partial charge in [-0.25, -0.2) is 0 Å². The summed E-state index contributed by atoms with van der Waals surface area (Å²) in [6.45, 7) is 1.15. The Morgan fingerprint density at radius 1 is 1.04 bits per heavy atom. The molecule has 0 saturated heterocycles. The van der Waals surface area contributed by atoms with E-state index < -0.39 is 0 Å². The van der Waals surface area contributed by atoms with E-state index in [2.05, 4.69) is 0 Å². The highest BCUT2D eigenvalue weighted by Crippen LogP contribution is 2.30. The molecule has 0 radical (unpaired) electrons. The molecule has 0 aromatic heterocycles. The summed E-state index contributed by atoms with van der Waals surface area (Å²) in [5.41, 5.74) is 13.4. The van der Waals surface area contributed by atoms with Crippen LogP contribution in [-0.4, -0.2) is 11.7 Å². The van der Waals surface area contributed by atoms with Crippen molar-refractivity contribution in [2.75, 3.05) is 6.54 Å². The Kier molecular flexibility index (Phi) is 8.48. The summed E-state index contributed by atoms with van der Waals surface area (Å²) in [5, 5.41) is 10.1. The smallest absolute Gasteiger partial charge is 0.124 e. The number of halogens is 1. The van der Waals surface area contributed by atoms with Gasteiger partial charge in [0.25, 0.3) is 0 Å². The van der Waals surface area contributed by atoms with Crippen LogP contribution < -0.4 is 16.2 Å². The molecule has 0 spiro atoms. The van der Waals surface area contributed by atoms with Crippen LogP contribution in [-0.2, 0) is 6.61 Å². The Balaban J connectivity index is 0.00000264. The zero-order chi connectivity index (χ0) is 15.8. The maximum absolute atomic E-state index is 10.1. The van der Waals surface area contributed by atoms with Crippen molar-refractivity contribution in [3.05, 3.63) is 59.7 Å². The standard InChI is InChI=1S/C18H24N2O2.ClH/c19-11-5-4-8-17(20)16-10-9-15(12-18(16)21)22-13-14-6-2-1-3-7-14;/h1-3,6-7,9-10,12,17,21H,4-5,8,11,13,19-20H2;1H/t17-;/m0./s1. The predicted molar refractivity (Wildman–Crippen MR) is 96.0 cm³/mol. The largest absolute Gasteiger partial charge is 0.507 e. The number of unbranched alkanes of at least 4 members (excludes halogenated alkanes) is 1. The van der Waals surface area contributed by atoms with Gasteiger partial charge in [-0.2, -0.15) is 0 Å². The molecule has 0 aliphatic heterocycles. The summed E-state index contributed by atoms with van der Waals surface area (Å²) in [6.07, 6.45) is 2.73. The van der Waals surface area contributed by atoms with E-state index in [1.54, 1.807) is 6.07 Å². The van der Waals surface area contributed by atoms with Crippen molar-refractivity contribution >= 4 is 12.4 Å². The van der Waals surface area contributed by atoms with E-state index in [4.69, 9.17) is 16.2 Å². The average Bonchev–Trinajstić information content (AvgIpc) is 2.54. The van der Waals surface area contributed by atoms with Crippen molar-refractivity contribution in [2.24, 2.45) is 11.5 Å².